The molecule has 238 valence electrons. The molecule has 0 aromatic heterocycles. The van der Waals surface area contributed by atoms with Gasteiger partial charge in [0.05, 0.1) is 39.6 Å². The van der Waals surface area contributed by atoms with Gasteiger partial charge in [0.2, 0.25) is 5.91 Å². The monoisotopic (exact) mass is 635 g/mol. The van der Waals surface area contributed by atoms with Gasteiger partial charge in [0.15, 0.2) is 0 Å². The van der Waals surface area contributed by atoms with E-state index < -0.39 is 0 Å². The van der Waals surface area contributed by atoms with Crippen LogP contribution < -0.4 is 10.6 Å². The molecule has 43 heavy (non-hydrogen) atoms. The van der Waals surface area contributed by atoms with Crippen molar-refractivity contribution in [3.8, 4) is 0 Å². The van der Waals surface area contributed by atoms with E-state index in [4.69, 9.17) is 37.4 Å². The van der Waals surface area contributed by atoms with Gasteiger partial charge in [-0.3, -0.25) is 9.59 Å². The quantitative estimate of drug-likeness (QED) is 0.178. The number of carbonyl (C=O) groups excluding carboxylic acids is 2. The molecule has 1 amide bonds. The molecule has 0 saturated heterocycles. The third-order valence-electron chi connectivity index (χ3n) is 7.35. The molecule has 0 fully saturated rings. The molecule has 2 N–H and O–H groups in total. The summed E-state index contributed by atoms with van der Waals surface area (Å²) >= 11 is 12.9. The van der Waals surface area contributed by atoms with Crippen LogP contribution in [0, 0.1) is 0 Å². The minimum atomic E-state index is -0.111. The number of likely N-dealkylation sites (N-methyl/N-ethyl adjacent to an activating group) is 1. The number of benzene rings is 2. The number of nitrogens with zero attached hydrogens (tertiary/aromatic N) is 1. The largest absolute Gasteiger partial charge is 0.378 e. The van der Waals surface area contributed by atoms with Gasteiger partial charge < -0.3 is 29.7 Å². The summed E-state index contributed by atoms with van der Waals surface area (Å²) in [6.07, 6.45) is 3.00. The molecular formula is C33H47Cl2N3O5. The predicted molar refractivity (Wildman–Crippen MR) is 172 cm³/mol. The summed E-state index contributed by atoms with van der Waals surface area (Å²) in [7, 11) is 2.12. The zero-order valence-electron chi connectivity index (χ0n) is 25.6. The first-order valence-corrected chi connectivity index (χ1v) is 16.1. The van der Waals surface area contributed by atoms with Gasteiger partial charge >= 0.3 is 0 Å². The van der Waals surface area contributed by atoms with Crippen molar-refractivity contribution in [2.75, 3.05) is 66.3 Å². The molecule has 8 nitrogen and oxygen atoms in total. The minimum Gasteiger partial charge on any atom is -0.378 e. The summed E-state index contributed by atoms with van der Waals surface area (Å²) in [5.74, 6) is 0.266. The van der Waals surface area contributed by atoms with E-state index >= 15 is 0 Å². The van der Waals surface area contributed by atoms with Crippen molar-refractivity contribution in [3.05, 3.63) is 68.7 Å². The zero-order chi connectivity index (χ0) is 30.9. The maximum absolute atomic E-state index is 11.8. The molecule has 1 aliphatic rings. The van der Waals surface area contributed by atoms with E-state index in [1.165, 1.54) is 16.7 Å². The predicted octanol–water partition coefficient (Wildman–Crippen LogP) is 5.37. The number of hydrogen-bond donors (Lipinski definition) is 2. The van der Waals surface area contributed by atoms with Gasteiger partial charge in [-0.2, -0.15) is 0 Å². The number of nitrogens with one attached hydrogen (secondary N) is 2. The fourth-order valence-corrected chi connectivity index (χ4v) is 5.64. The van der Waals surface area contributed by atoms with Gasteiger partial charge in [0.1, 0.15) is 5.78 Å². The van der Waals surface area contributed by atoms with E-state index in [0.717, 1.165) is 49.6 Å². The molecule has 2 aromatic carbocycles. The average molecular weight is 637 g/mol. The third-order valence-corrected chi connectivity index (χ3v) is 7.91. The molecule has 0 radical (unpaired) electrons. The van der Waals surface area contributed by atoms with Crippen LogP contribution in [0.5, 0.6) is 0 Å². The molecule has 2 aromatic rings. The molecule has 1 atom stereocenters. The van der Waals surface area contributed by atoms with Crippen molar-refractivity contribution in [1.82, 2.24) is 15.5 Å². The highest BCUT2D eigenvalue weighted by molar-refractivity contribution is 6.35. The second-order valence-corrected chi connectivity index (χ2v) is 11.8. The Hall–Kier alpha value is -2.04. The van der Waals surface area contributed by atoms with Crippen LogP contribution in [0.15, 0.2) is 36.4 Å². The molecular weight excluding hydrogens is 589 g/mol. The molecule has 3 rings (SSSR count). The highest BCUT2D eigenvalue weighted by atomic mass is 35.5. The van der Waals surface area contributed by atoms with Gasteiger partial charge in [-0.25, -0.2) is 0 Å². The van der Waals surface area contributed by atoms with Gasteiger partial charge in [0, 0.05) is 67.9 Å². The second kappa shape index (κ2) is 20.1. The number of rotatable bonds is 21. The molecule has 0 bridgehead atoms. The van der Waals surface area contributed by atoms with E-state index in [1.807, 2.05) is 13.0 Å². The average Bonchev–Trinajstić information content (AvgIpc) is 2.99. The second-order valence-electron chi connectivity index (χ2n) is 11.0. The van der Waals surface area contributed by atoms with Crippen LogP contribution in [0.4, 0.5) is 0 Å². The number of carbonyl (C=O) groups is 2. The minimum absolute atomic E-state index is 0.111. The Morgan fingerprint density at radius 2 is 1.65 bits per heavy atom. The van der Waals surface area contributed by atoms with Crippen molar-refractivity contribution < 1.29 is 23.8 Å². The standard InChI is InChI=1S/C33H47Cl2N3O5/c1-3-4-8-28(39)9-10-33(40)37-12-14-42-16-18-43-17-15-41-13-11-36-22-25-6-5-7-26(19-25)30-23-38(2)24-31-29(30)20-27(34)21-32(31)35/h5-7,19-21,30,36H,3-4,8-18,22-24H2,1-2H3,(H,37,40). The molecule has 0 saturated carbocycles. The summed E-state index contributed by atoms with van der Waals surface area (Å²) in [5, 5.41) is 7.64. The van der Waals surface area contributed by atoms with Crippen molar-refractivity contribution >= 4 is 34.9 Å². The first-order valence-electron chi connectivity index (χ1n) is 15.3. The Morgan fingerprint density at radius 3 is 2.40 bits per heavy atom. The maximum Gasteiger partial charge on any atom is 0.220 e. The van der Waals surface area contributed by atoms with Gasteiger partial charge in [-0.15, -0.1) is 0 Å². The Bertz CT molecular complexity index is 1150. The van der Waals surface area contributed by atoms with E-state index in [2.05, 4.69) is 52.9 Å². The molecule has 1 heterocycles. The van der Waals surface area contributed by atoms with Crippen LogP contribution in [0.2, 0.25) is 10.0 Å². The normalized spacial score (nSPS) is 14.9. The molecule has 1 aliphatic heterocycles. The number of ether oxygens (including phenoxy) is 3. The van der Waals surface area contributed by atoms with Crippen molar-refractivity contribution in [3.63, 3.8) is 0 Å². The number of unbranched alkanes of at least 4 members (excludes halogenated alkanes) is 1. The van der Waals surface area contributed by atoms with Gasteiger partial charge in [-0.1, -0.05) is 60.8 Å². The fraction of sp³-hybridized carbons (Fsp3) is 0.576. The van der Waals surface area contributed by atoms with Crippen molar-refractivity contribution in [2.45, 2.75) is 58.0 Å². The smallest absolute Gasteiger partial charge is 0.220 e. The number of Topliss-reactive ketones (excluding diaryl/α,β-unsaturated/α-hetero) is 1. The molecule has 10 heteroatoms. The lowest BCUT2D eigenvalue weighted by atomic mass is 9.84. The number of amides is 1. The van der Waals surface area contributed by atoms with Gasteiger partial charge in [-0.05, 0) is 47.9 Å². The SMILES string of the molecule is CCCCC(=O)CCC(=O)NCCOCCOCCOCCNCc1cccc(C2CN(C)Cc3c(Cl)cc(Cl)cc32)c1. The van der Waals surface area contributed by atoms with E-state index in [1.54, 1.807) is 0 Å². The van der Waals surface area contributed by atoms with Crippen LogP contribution in [-0.4, -0.2) is 82.9 Å². The summed E-state index contributed by atoms with van der Waals surface area (Å²) in [6.45, 7) is 8.68. The van der Waals surface area contributed by atoms with Crippen LogP contribution in [0.25, 0.3) is 0 Å². The maximum atomic E-state index is 11.8. The highest BCUT2D eigenvalue weighted by Crippen LogP contribution is 2.38. The van der Waals surface area contributed by atoms with Crippen molar-refractivity contribution in [2.24, 2.45) is 0 Å². The fourth-order valence-electron chi connectivity index (χ4n) is 5.07. The molecule has 0 spiro atoms. The molecule has 1 unspecified atom stereocenters. The zero-order valence-corrected chi connectivity index (χ0v) is 27.1. The van der Waals surface area contributed by atoms with Crippen LogP contribution in [-0.2, 0) is 36.9 Å². The Kier molecular flexibility index (Phi) is 16.5. The number of hydrogen-bond acceptors (Lipinski definition) is 7. The molecule has 0 aliphatic carbocycles. The van der Waals surface area contributed by atoms with E-state index in [9.17, 15) is 9.59 Å². The summed E-state index contributed by atoms with van der Waals surface area (Å²) in [4.78, 5) is 25.7. The van der Waals surface area contributed by atoms with Gasteiger partial charge in [0.25, 0.3) is 0 Å². The Morgan fingerprint density at radius 1 is 0.930 bits per heavy atom. The number of halogens is 2. The van der Waals surface area contributed by atoms with E-state index in [0.29, 0.717) is 64.1 Å². The number of ketones is 1. The first-order chi connectivity index (χ1) is 20.9. The first kappa shape index (κ1) is 35.4. The Labute approximate surface area is 266 Å². The Balaban J connectivity index is 1.20. The topological polar surface area (TPSA) is 89.1 Å². The lowest BCUT2D eigenvalue weighted by Gasteiger charge is -2.33. The highest BCUT2D eigenvalue weighted by Gasteiger charge is 2.27. The lowest BCUT2D eigenvalue weighted by Crippen LogP contribution is -2.31. The summed E-state index contributed by atoms with van der Waals surface area (Å²) in [5.41, 5.74) is 4.86. The lowest BCUT2D eigenvalue weighted by molar-refractivity contribution is -0.125. The third kappa shape index (κ3) is 13.2. The van der Waals surface area contributed by atoms with Crippen LogP contribution in [0.1, 0.15) is 67.2 Å². The summed E-state index contributed by atoms with van der Waals surface area (Å²) in [6, 6.07) is 12.6. The number of fused-ring (bicyclic) bond motifs is 1. The summed E-state index contributed by atoms with van der Waals surface area (Å²) < 4.78 is 16.7. The van der Waals surface area contributed by atoms with E-state index in [-0.39, 0.29) is 24.0 Å². The van der Waals surface area contributed by atoms with Crippen LogP contribution >= 0.6 is 23.2 Å². The van der Waals surface area contributed by atoms with Crippen molar-refractivity contribution in [1.29, 1.82) is 0 Å². The van der Waals surface area contributed by atoms with Crippen LogP contribution in [0.3, 0.4) is 0 Å².